The normalized spacial score (nSPS) is 15.7. The number of aromatic nitrogens is 3. The number of ether oxygens (including phenoxy) is 1. The number of rotatable bonds is 4. The molecule has 1 saturated heterocycles. The van der Waals surface area contributed by atoms with Gasteiger partial charge in [0.2, 0.25) is 5.88 Å². The maximum Gasteiger partial charge on any atom is 0.258 e. The van der Waals surface area contributed by atoms with Gasteiger partial charge in [0.15, 0.2) is 0 Å². The fourth-order valence-corrected chi connectivity index (χ4v) is 3.42. The van der Waals surface area contributed by atoms with Crippen LogP contribution in [0, 0.1) is 13.8 Å². The number of carbonyl (C=O) groups is 1. The molecule has 0 aromatic carbocycles. The summed E-state index contributed by atoms with van der Waals surface area (Å²) in [6, 6.07) is 5.23. The molecule has 0 radical (unpaired) electrons. The summed E-state index contributed by atoms with van der Waals surface area (Å²) in [4.78, 5) is 23.7. The number of hydrogen-bond donors (Lipinski definition) is 1. The molecule has 1 aliphatic rings. The van der Waals surface area contributed by atoms with Gasteiger partial charge in [-0.2, -0.15) is 0 Å². The zero-order valence-corrected chi connectivity index (χ0v) is 16.2. The quantitative estimate of drug-likeness (QED) is 0.742. The van der Waals surface area contributed by atoms with Crippen molar-refractivity contribution in [1.29, 1.82) is 0 Å². The average Bonchev–Trinajstić information content (AvgIpc) is 3.04. The number of amides is 1. The van der Waals surface area contributed by atoms with Crippen molar-refractivity contribution in [1.82, 2.24) is 20.0 Å². The lowest BCUT2D eigenvalue weighted by Crippen LogP contribution is -2.35. The summed E-state index contributed by atoms with van der Waals surface area (Å²) in [5.41, 5.74) is 2.79. The summed E-state index contributed by atoms with van der Waals surface area (Å²) < 4.78 is 11.2. The maximum atomic E-state index is 12.9. The zero-order valence-electron chi connectivity index (χ0n) is 16.2. The van der Waals surface area contributed by atoms with E-state index in [2.05, 4.69) is 32.4 Å². The smallest absolute Gasteiger partial charge is 0.258 e. The largest absolute Gasteiger partial charge is 0.474 e. The fourth-order valence-electron chi connectivity index (χ4n) is 3.42. The highest BCUT2D eigenvalue weighted by atomic mass is 16.5. The first-order valence-electron chi connectivity index (χ1n) is 9.36. The highest BCUT2D eigenvalue weighted by Crippen LogP contribution is 2.24. The number of pyridine rings is 2. The summed E-state index contributed by atoms with van der Waals surface area (Å²) in [5, 5.41) is 7.46. The topological polar surface area (TPSA) is 93.4 Å². The number of piperidine rings is 1. The first kappa shape index (κ1) is 18.4. The van der Waals surface area contributed by atoms with Gasteiger partial charge in [-0.1, -0.05) is 5.16 Å². The third-order valence-corrected chi connectivity index (χ3v) is 4.94. The van der Waals surface area contributed by atoms with Crippen LogP contribution >= 0.6 is 0 Å². The van der Waals surface area contributed by atoms with Crippen molar-refractivity contribution in [3.8, 4) is 5.88 Å². The molecular formula is C20H23N5O3. The zero-order chi connectivity index (χ0) is 19.7. The van der Waals surface area contributed by atoms with Crippen LogP contribution in [0.4, 0.5) is 5.69 Å². The van der Waals surface area contributed by atoms with E-state index >= 15 is 0 Å². The molecule has 1 fully saturated rings. The van der Waals surface area contributed by atoms with Crippen LogP contribution in [-0.2, 0) is 0 Å². The number of nitrogens with one attached hydrogen (secondary N) is 1. The maximum absolute atomic E-state index is 12.9. The Balaban J connectivity index is 1.52. The van der Waals surface area contributed by atoms with Gasteiger partial charge in [-0.05, 0) is 45.9 Å². The van der Waals surface area contributed by atoms with Crippen molar-refractivity contribution in [2.24, 2.45) is 0 Å². The minimum absolute atomic E-state index is 0.150. The van der Waals surface area contributed by atoms with Gasteiger partial charge in [0.05, 0.1) is 16.6 Å². The number of aryl methyl sites for hydroxylation is 2. The van der Waals surface area contributed by atoms with Crippen LogP contribution < -0.4 is 10.1 Å². The van der Waals surface area contributed by atoms with Crippen molar-refractivity contribution >= 4 is 22.7 Å². The Morgan fingerprint density at radius 2 is 2.07 bits per heavy atom. The van der Waals surface area contributed by atoms with Crippen LogP contribution in [-0.4, -0.2) is 52.2 Å². The second-order valence-electron chi connectivity index (χ2n) is 7.22. The molecule has 3 aromatic heterocycles. The number of nitrogens with zero attached hydrogens (tertiary/aromatic N) is 4. The van der Waals surface area contributed by atoms with E-state index in [1.54, 1.807) is 31.3 Å². The van der Waals surface area contributed by atoms with Crippen molar-refractivity contribution < 1.29 is 14.1 Å². The standard InChI is InChI=1S/C20H23N5O3/c1-12-10-16(18-13(2)24-28-20(18)22-12)19(26)23-14-4-7-21-17(11-14)27-15-5-8-25(3)9-6-15/h4,7,10-11,15H,5-6,8-9H2,1-3H3,(H,21,23,26). The fraction of sp³-hybridized carbons (Fsp3) is 0.400. The molecule has 4 heterocycles. The van der Waals surface area contributed by atoms with Crippen LogP contribution in [0.25, 0.3) is 11.1 Å². The van der Waals surface area contributed by atoms with Crippen LogP contribution in [0.5, 0.6) is 5.88 Å². The van der Waals surface area contributed by atoms with E-state index < -0.39 is 0 Å². The predicted molar refractivity (Wildman–Crippen MR) is 105 cm³/mol. The highest BCUT2D eigenvalue weighted by molar-refractivity contribution is 6.12. The molecule has 28 heavy (non-hydrogen) atoms. The van der Waals surface area contributed by atoms with Gasteiger partial charge in [-0.3, -0.25) is 4.79 Å². The molecule has 0 aliphatic carbocycles. The van der Waals surface area contributed by atoms with E-state index in [0.29, 0.717) is 39.6 Å². The molecule has 8 nitrogen and oxygen atoms in total. The third kappa shape index (κ3) is 3.82. The average molecular weight is 381 g/mol. The molecule has 146 valence electrons. The van der Waals surface area contributed by atoms with E-state index in [0.717, 1.165) is 25.9 Å². The lowest BCUT2D eigenvalue weighted by molar-refractivity contribution is 0.102. The Kier molecular flexibility index (Phi) is 4.95. The first-order valence-corrected chi connectivity index (χ1v) is 9.36. The summed E-state index contributed by atoms with van der Waals surface area (Å²) in [5.74, 6) is 0.266. The highest BCUT2D eigenvalue weighted by Gasteiger charge is 2.20. The van der Waals surface area contributed by atoms with E-state index in [1.165, 1.54) is 0 Å². The first-order chi connectivity index (χ1) is 13.5. The minimum atomic E-state index is -0.252. The molecule has 0 spiro atoms. The predicted octanol–water partition coefficient (Wildman–Crippen LogP) is 2.96. The number of fused-ring (bicyclic) bond motifs is 1. The van der Waals surface area contributed by atoms with Crippen molar-refractivity contribution in [3.05, 3.63) is 41.3 Å². The molecular weight excluding hydrogens is 358 g/mol. The van der Waals surface area contributed by atoms with Gasteiger partial charge in [-0.25, -0.2) is 9.97 Å². The van der Waals surface area contributed by atoms with Gasteiger partial charge in [0.25, 0.3) is 11.6 Å². The molecule has 8 heteroatoms. The van der Waals surface area contributed by atoms with Gasteiger partial charge < -0.3 is 19.5 Å². The lowest BCUT2D eigenvalue weighted by Gasteiger charge is -2.28. The van der Waals surface area contributed by atoms with E-state index in [1.807, 2.05) is 6.92 Å². The Hall–Kier alpha value is -3.00. The minimum Gasteiger partial charge on any atom is -0.474 e. The Labute approximate surface area is 162 Å². The number of anilines is 1. The third-order valence-electron chi connectivity index (χ3n) is 4.94. The van der Waals surface area contributed by atoms with Gasteiger partial charge in [-0.15, -0.1) is 0 Å². The number of carbonyl (C=O) groups excluding carboxylic acids is 1. The molecule has 0 unspecified atom stereocenters. The second-order valence-corrected chi connectivity index (χ2v) is 7.22. The molecule has 1 aliphatic heterocycles. The monoisotopic (exact) mass is 381 g/mol. The summed E-state index contributed by atoms with van der Waals surface area (Å²) in [6.45, 7) is 5.63. The van der Waals surface area contributed by atoms with Crippen LogP contribution in [0.2, 0.25) is 0 Å². The molecule has 0 atom stereocenters. The summed E-state index contributed by atoms with van der Waals surface area (Å²) >= 11 is 0. The van der Waals surface area contributed by atoms with E-state index in [9.17, 15) is 4.79 Å². The molecule has 4 rings (SSSR count). The molecule has 1 amide bonds. The van der Waals surface area contributed by atoms with Crippen LogP contribution in [0.3, 0.4) is 0 Å². The van der Waals surface area contributed by atoms with Crippen molar-refractivity contribution in [2.45, 2.75) is 32.8 Å². The van der Waals surface area contributed by atoms with Gasteiger partial charge in [0.1, 0.15) is 6.10 Å². The van der Waals surface area contributed by atoms with Crippen LogP contribution in [0.15, 0.2) is 28.9 Å². The van der Waals surface area contributed by atoms with E-state index in [-0.39, 0.29) is 12.0 Å². The Morgan fingerprint density at radius 3 is 2.86 bits per heavy atom. The summed E-state index contributed by atoms with van der Waals surface area (Å²) in [6.07, 6.45) is 3.72. The number of likely N-dealkylation sites (tertiary alicyclic amines) is 1. The molecule has 1 N–H and O–H groups in total. The molecule has 0 saturated carbocycles. The molecule has 3 aromatic rings. The van der Waals surface area contributed by atoms with E-state index in [4.69, 9.17) is 9.26 Å². The SMILES string of the molecule is Cc1cc(C(=O)Nc2ccnc(OC3CCN(C)CC3)c2)c2c(C)noc2n1. The number of hydrogen-bond acceptors (Lipinski definition) is 7. The van der Waals surface area contributed by atoms with Gasteiger partial charge >= 0.3 is 0 Å². The lowest BCUT2D eigenvalue weighted by atomic mass is 10.1. The molecule has 0 bridgehead atoms. The Bertz CT molecular complexity index is 1010. The second kappa shape index (κ2) is 7.55. The van der Waals surface area contributed by atoms with Crippen molar-refractivity contribution in [2.75, 3.05) is 25.5 Å². The Morgan fingerprint density at radius 1 is 1.29 bits per heavy atom. The van der Waals surface area contributed by atoms with Crippen LogP contribution in [0.1, 0.15) is 34.6 Å². The van der Waals surface area contributed by atoms with Crippen molar-refractivity contribution in [3.63, 3.8) is 0 Å². The summed E-state index contributed by atoms with van der Waals surface area (Å²) in [7, 11) is 2.11. The van der Waals surface area contributed by atoms with Gasteiger partial charge in [0, 0.05) is 36.7 Å².